The largest absolute Gasteiger partial charge is 0.497 e. The van der Waals surface area contributed by atoms with Crippen LogP contribution in [0.5, 0.6) is 11.5 Å². The number of ether oxygens (including phenoxy) is 2. The average Bonchev–Trinajstić information content (AvgIpc) is 3.09. The van der Waals surface area contributed by atoms with Crippen molar-refractivity contribution in [3.8, 4) is 11.5 Å². The van der Waals surface area contributed by atoms with Crippen molar-refractivity contribution in [3.63, 3.8) is 0 Å². The summed E-state index contributed by atoms with van der Waals surface area (Å²) < 4.78 is 35.1. The zero-order chi connectivity index (χ0) is 19.8. The third kappa shape index (κ3) is 4.01. The Bertz CT molecular complexity index is 869. The maximum absolute atomic E-state index is 12.1. The van der Waals surface area contributed by atoms with Crippen LogP contribution in [0.3, 0.4) is 0 Å². The van der Waals surface area contributed by atoms with Crippen LogP contribution in [0.15, 0.2) is 23.2 Å². The van der Waals surface area contributed by atoms with Gasteiger partial charge < -0.3 is 19.3 Å². The zero-order valence-corrected chi connectivity index (χ0v) is 17.3. The molecule has 0 bridgehead atoms. The SMILES string of the molecule is COc1ccc(OC)c(N2C(SCC(=O)N(C)C)=NC3CS(=O)(=O)CC32)c1. The van der Waals surface area contributed by atoms with Crippen molar-refractivity contribution in [2.75, 3.05) is 50.5 Å². The number of anilines is 1. The molecule has 2 aliphatic heterocycles. The van der Waals surface area contributed by atoms with Gasteiger partial charge in [0, 0.05) is 20.2 Å². The van der Waals surface area contributed by atoms with Crippen LogP contribution < -0.4 is 14.4 Å². The number of nitrogens with zero attached hydrogens (tertiary/aromatic N) is 3. The van der Waals surface area contributed by atoms with E-state index in [1.54, 1.807) is 46.5 Å². The number of methoxy groups -OCH3 is 2. The van der Waals surface area contributed by atoms with E-state index >= 15 is 0 Å². The van der Waals surface area contributed by atoms with Crippen LogP contribution in [0.2, 0.25) is 0 Å². The van der Waals surface area contributed by atoms with E-state index < -0.39 is 9.84 Å². The predicted molar refractivity (Wildman–Crippen MR) is 107 cm³/mol. The summed E-state index contributed by atoms with van der Waals surface area (Å²) in [6.45, 7) is 0. The first-order valence-electron chi connectivity index (χ1n) is 8.38. The summed E-state index contributed by atoms with van der Waals surface area (Å²) >= 11 is 1.31. The number of rotatable bonds is 5. The summed E-state index contributed by atoms with van der Waals surface area (Å²) in [5, 5.41) is 0.627. The Morgan fingerprint density at radius 2 is 2.04 bits per heavy atom. The number of hydrogen-bond acceptors (Lipinski definition) is 8. The third-order valence-electron chi connectivity index (χ3n) is 4.58. The molecule has 0 radical (unpaired) electrons. The molecule has 10 heteroatoms. The third-order valence-corrected chi connectivity index (χ3v) is 7.23. The Kier molecular flexibility index (Phi) is 5.57. The summed E-state index contributed by atoms with van der Waals surface area (Å²) in [4.78, 5) is 20.0. The van der Waals surface area contributed by atoms with E-state index in [0.29, 0.717) is 22.4 Å². The molecule has 2 atom stereocenters. The van der Waals surface area contributed by atoms with E-state index in [1.165, 1.54) is 16.7 Å². The highest BCUT2D eigenvalue weighted by molar-refractivity contribution is 8.14. The first-order chi connectivity index (χ1) is 12.8. The number of thioether (sulfide) groups is 1. The number of hydrogen-bond donors (Lipinski definition) is 0. The van der Waals surface area contributed by atoms with Gasteiger partial charge in [-0.3, -0.25) is 9.79 Å². The summed E-state index contributed by atoms with van der Waals surface area (Å²) in [6.07, 6.45) is 0. The lowest BCUT2D eigenvalue weighted by Crippen LogP contribution is -2.39. The van der Waals surface area contributed by atoms with Crippen LogP contribution in [0.4, 0.5) is 5.69 Å². The van der Waals surface area contributed by atoms with Crippen molar-refractivity contribution in [2.45, 2.75) is 12.1 Å². The molecular formula is C17H23N3O5S2. The van der Waals surface area contributed by atoms with Crippen LogP contribution >= 0.6 is 11.8 Å². The number of sulfone groups is 1. The van der Waals surface area contributed by atoms with Crippen molar-refractivity contribution >= 4 is 38.4 Å². The van der Waals surface area contributed by atoms with Gasteiger partial charge >= 0.3 is 0 Å². The fourth-order valence-electron chi connectivity index (χ4n) is 3.16. The second-order valence-corrected chi connectivity index (χ2v) is 9.70. The number of benzene rings is 1. The fraction of sp³-hybridized carbons (Fsp3) is 0.529. The first kappa shape index (κ1) is 19.8. The lowest BCUT2D eigenvalue weighted by molar-refractivity contribution is -0.125. The Hall–Kier alpha value is -1.94. The molecule has 1 aromatic carbocycles. The molecule has 0 aromatic heterocycles. The van der Waals surface area contributed by atoms with Gasteiger partial charge in [0.05, 0.1) is 49.2 Å². The van der Waals surface area contributed by atoms with Crippen LogP contribution in [-0.4, -0.2) is 82.0 Å². The van der Waals surface area contributed by atoms with Crippen LogP contribution in [0, 0.1) is 0 Å². The maximum Gasteiger partial charge on any atom is 0.232 e. The Labute approximate surface area is 163 Å². The van der Waals surface area contributed by atoms with Crippen LogP contribution in [-0.2, 0) is 14.6 Å². The quantitative estimate of drug-likeness (QED) is 0.708. The minimum atomic E-state index is -3.16. The summed E-state index contributed by atoms with van der Waals surface area (Å²) in [5.74, 6) is 1.45. The number of carbonyl (C=O) groups is 1. The van der Waals surface area contributed by atoms with Gasteiger partial charge in [0.2, 0.25) is 5.91 Å². The minimum absolute atomic E-state index is 0.0200. The van der Waals surface area contributed by atoms with Crippen molar-refractivity contribution in [1.82, 2.24) is 4.90 Å². The molecule has 2 heterocycles. The molecule has 1 fully saturated rings. The van der Waals surface area contributed by atoms with Crippen molar-refractivity contribution in [3.05, 3.63) is 18.2 Å². The van der Waals surface area contributed by atoms with Crippen molar-refractivity contribution < 1.29 is 22.7 Å². The number of amidine groups is 1. The van der Waals surface area contributed by atoms with E-state index in [4.69, 9.17) is 9.47 Å². The van der Waals surface area contributed by atoms with Gasteiger partial charge in [0.1, 0.15) is 11.5 Å². The van der Waals surface area contributed by atoms with E-state index in [9.17, 15) is 13.2 Å². The highest BCUT2D eigenvalue weighted by Crippen LogP contribution is 2.41. The number of aliphatic imine (C=N–C) groups is 1. The smallest absolute Gasteiger partial charge is 0.232 e. The molecule has 1 aromatic rings. The Morgan fingerprint density at radius 1 is 1.30 bits per heavy atom. The Morgan fingerprint density at radius 3 is 2.67 bits per heavy atom. The molecule has 1 saturated heterocycles. The lowest BCUT2D eigenvalue weighted by Gasteiger charge is -2.28. The van der Waals surface area contributed by atoms with Crippen LogP contribution in [0.25, 0.3) is 0 Å². The standard InChI is InChI=1S/C17H23N3O5S2/c1-19(2)16(21)8-26-17-18-12-9-27(22,23)10-14(12)20(17)13-7-11(24-3)5-6-15(13)25-4/h5-7,12,14H,8-10H2,1-4H3. The molecule has 0 aliphatic carbocycles. The minimum Gasteiger partial charge on any atom is -0.497 e. The van der Waals surface area contributed by atoms with E-state index in [2.05, 4.69) is 4.99 Å². The van der Waals surface area contributed by atoms with Gasteiger partial charge in [-0.2, -0.15) is 0 Å². The molecule has 1 amide bonds. The van der Waals surface area contributed by atoms with Crippen LogP contribution in [0.1, 0.15) is 0 Å². The van der Waals surface area contributed by atoms with E-state index in [1.807, 2.05) is 4.90 Å². The van der Waals surface area contributed by atoms with Gasteiger partial charge in [-0.25, -0.2) is 8.42 Å². The number of fused-ring (bicyclic) bond motifs is 1. The molecule has 27 heavy (non-hydrogen) atoms. The Balaban J connectivity index is 1.98. The summed E-state index contributed by atoms with van der Waals surface area (Å²) in [6, 6.07) is 4.70. The van der Waals surface area contributed by atoms with E-state index in [-0.39, 0.29) is 35.2 Å². The molecule has 0 saturated carbocycles. The van der Waals surface area contributed by atoms with Gasteiger partial charge in [-0.1, -0.05) is 11.8 Å². The normalized spacial score (nSPS) is 23.0. The monoisotopic (exact) mass is 413 g/mol. The predicted octanol–water partition coefficient (Wildman–Crippen LogP) is 0.867. The lowest BCUT2D eigenvalue weighted by atomic mass is 10.1. The number of carbonyl (C=O) groups excluding carboxylic acids is 1. The zero-order valence-electron chi connectivity index (χ0n) is 15.7. The summed E-state index contributed by atoms with van der Waals surface area (Å²) in [7, 11) is 3.37. The molecule has 3 rings (SSSR count). The highest BCUT2D eigenvalue weighted by atomic mass is 32.2. The highest BCUT2D eigenvalue weighted by Gasteiger charge is 2.48. The molecule has 148 valence electrons. The van der Waals surface area contributed by atoms with E-state index in [0.717, 1.165) is 0 Å². The molecule has 0 N–H and O–H groups in total. The molecule has 0 spiro atoms. The first-order valence-corrected chi connectivity index (χ1v) is 11.2. The number of amides is 1. The molecule has 2 aliphatic rings. The average molecular weight is 414 g/mol. The van der Waals surface area contributed by atoms with Gasteiger partial charge in [0.25, 0.3) is 0 Å². The fourth-order valence-corrected chi connectivity index (χ4v) is 6.09. The second kappa shape index (κ2) is 7.59. The van der Waals surface area contributed by atoms with Gasteiger partial charge in [-0.05, 0) is 12.1 Å². The molecular weight excluding hydrogens is 390 g/mol. The molecule has 8 nitrogen and oxygen atoms in total. The molecule has 2 unspecified atom stereocenters. The van der Waals surface area contributed by atoms with Crippen molar-refractivity contribution in [1.29, 1.82) is 0 Å². The van der Waals surface area contributed by atoms with Gasteiger partial charge in [0.15, 0.2) is 15.0 Å². The van der Waals surface area contributed by atoms with Gasteiger partial charge in [-0.15, -0.1) is 0 Å². The maximum atomic E-state index is 12.1. The summed E-state index contributed by atoms with van der Waals surface area (Å²) in [5.41, 5.74) is 0.685. The van der Waals surface area contributed by atoms with Crippen molar-refractivity contribution in [2.24, 2.45) is 4.99 Å². The topological polar surface area (TPSA) is 88.5 Å². The second-order valence-electron chi connectivity index (χ2n) is 6.61.